The molecule has 0 aliphatic carbocycles. The summed E-state index contributed by atoms with van der Waals surface area (Å²) in [5.41, 5.74) is 0.643. The van der Waals surface area contributed by atoms with Crippen molar-refractivity contribution in [3.63, 3.8) is 0 Å². The number of carbonyl (C=O) groups is 1. The van der Waals surface area contributed by atoms with Crippen molar-refractivity contribution in [3.8, 4) is 0 Å². The molecule has 6 heteroatoms. The second-order valence-corrected chi connectivity index (χ2v) is 3.67. The Bertz CT molecular complexity index is 430. The molecule has 0 aliphatic heterocycles. The Labute approximate surface area is 94.3 Å². The number of benzene rings is 1. The topological polar surface area (TPSA) is 69.4 Å². The monoisotopic (exact) mass is 273 g/mol. The molecular weight excluding hydrogens is 266 g/mol. The summed E-state index contributed by atoms with van der Waals surface area (Å²) >= 11 is 3.18. The molecule has 0 radical (unpaired) electrons. The first kappa shape index (κ1) is 11.6. The number of halogens is 1. The van der Waals surface area contributed by atoms with E-state index in [2.05, 4.69) is 20.7 Å². The molecule has 80 valence electrons. The number of methoxy groups -OCH3 is 1. The lowest BCUT2D eigenvalue weighted by atomic mass is 10.1. The first-order chi connectivity index (χ1) is 6.97. The molecule has 0 spiro atoms. The Morgan fingerprint density at radius 3 is 2.60 bits per heavy atom. The van der Waals surface area contributed by atoms with Crippen molar-refractivity contribution in [1.82, 2.24) is 0 Å². The molecule has 0 fully saturated rings. The summed E-state index contributed by atoms with van der Waals surface area (Å²) in [7, 11) is 1.23. The molecule has 0 atom stereocenters. The molecule has 0 aromatic heterocycles. The van der Waals surface area contributed by atoms with Crippen molar-refractivity contribution in [2.75, 3.05) is 7.11 Å². The summed E-state index contributed by atoms with van der Waals surface area (Å²) in [5.74, 6) is -0.603. The van der Waals surface area contributed by atoms with E-state index in [-0.39, 0.29) is 11.3 Å². The maximum Gasteiger partial charge on any atom is 0.339 e. The van der Waals surface area contributed by atoms with Gasteiger partial charge in [-0.15, -0.1) is 0 Å². The lowest BCUT2D eigenvalue weighted by Crippen LogP contribution is -2.04. The summed E-state index contributed by atoms with van der Waals surface area (Å²) in [5, 5.41) is 10.6. The minimum absolute atomic E-state index is 0.129. The van der Waals surface area contributed by atoms with Crippen molar-refractivity contribution in [3.05, 3.63) is 37.8 Å². The molecule has 1 aromatic carbocycles. The van der Waals surface area contributed by atoms with Crippen LogP contribution in [0.3, 0.4) is 0 Å². The van der Waals surface area contributed by atoms with Crippen molar-refractivity contribution >= 4 is 27.6 Å². The molecule has 5 nitrogen and oxygen atoms in total. The second kappa shape index (κ2) is 4.39. The van der Waals surface area contributed by atoms with Crippen molar-refractivity contribution in [2.24, 2.45) is 0 Å². The van der Waals surface area contributed by atoms with Crippen LogP contribution in [-0.2, 0) is 4.74 Å². The molecule has 15 heavy (non-hydrogen) atoms. The van der Waals surface area contributed by atoms with Crippen LogP contribution in [0.25, 0.3) is 0 Å². The summed E-state index contributed by atoms with van der Waals surface area (Å²) in [4.78, 5) is 21.3. The fourth-order valence-electron chi connectivity index (χ4n) is 1.11. The smallest absolute Gasteiger partial charge is 0.339 e. The number of esters is 1. The fourth-order valence-corrected chi connectivity index (χ4v) is 1.51. The van der Waals surface area contributed by atoms with Gasteiger partial charge in [-0.1, -0.05) is 0 Å². The Hall–Kier alpha value is -1.43. The largest absolute Gasteiger partial charge is 0.465 e. The number of aryl methyl sites for hydroxylation is 1. The van der Waals surface area contributed by atoms with Gasteiger partial charge < -0.3 is 4.74 Å². The van der Waals surface area contributed by atoms with Crippen molar-refractivity contribution < 1.29 is 14.5 Å². The molecule has 0 amide bonds. The van der Waals surface area contributed by atoms with Crippen LogP contribution in [-0.4, -0.2) is 18.0 Å². The van der Waals surface area contributed by atoms with Gasteiger partial charge in [0.1, 0.15) is 0 Å². The first-order valence-corrected chi connectivity index (χ1v) is 4.79. The Morgan fingerprint density at radius 1 is 1.53 bits per heavy atom. The van der Waals surface area contributed by atoms with E-state index in [1.54, 1.807) is 6.92 Å². The molecular formula is C9H8BrNO4. The molecule has 1 aromatic rings. The van der Waals surface area contributed by atoms with Gasteiger partial charge in [0, 0.05) is 16.6 Å². The Kier molecular flexibility index (Phi) is 3.41. The highest BCUT2D eigenvalue weighted by Gasteiger charge is 2.18. The van der Waals surface area contributed by atoms with Crippen LogP contribution in [0.1, 0.15) is 15.9 Å². The fraction of sp³-hybridized carbons (Fsp3) is 0.222. The van der Waals surface area contributed by atoms with Gasteiger partial charge in [-0.3, -0.25) is 10.1 Å². The van der Waals surface area contributed by atoms with E-state index < -0.39 is 10.9 Å². The predicted molar refractivity (Wildman–Crippen MR) is 56.9 cm³/mol. The van der Waals surface area contributed by atoms with E-state index in [1.165, 1.54) is 19.2 Å². The van der Waals surface area contributed by atoms with Gasteiger partial charge in [0.15, 0.2) is 0 Å². The van der Waals surface area contributed by atoms with Gasteiger partial charge in [0.25, 0.3) is 5.69 Å². The molecule has 0 heterocycles. The number of carbonyl (C=O) groups excluding carboxylic acids is 1. The summed E-state index contributed by atoms with van der Waals surface area (Å²) < 4.78 is 5.03. The lowest BCUT2D eigenvalue weighted by molar-refractivity contribution is -0.384. The van der Waals surface area contributed by atoms with Crippen LogP contribution in [0.15, 0.2) is 16.6 Å². The van der Waals surface area contributed by atoms with Crippen LogP contribution in [0.2, 0.25) is 0 Å². The summed E-state index contributed by atoms with van der Waals surface area (Å²) in [6, 6.07) is 2.57. The average Bonchev–Trinajstić information content (AvgIpc) is 2.20. The van der Waals surface area contributed by atoms with E-state index in [4.69, 9.17) is 0 Å². The van der Waals surface area contributed by atoms with Crippen molar-refractivity contribution in [1.29, 1.82) is 0 Å². The van der Waals surface area contributed by atoms with Gasteiger partial charge in [-0.25, -0.2) is 4.79 Å². The van der Waals surface area contributed by atoms with Gasteiger partial charge in [-0.2, -0.15) is 0 Å². The lowest BCUT2D eigenvalue weighted by Gasteiger charge is -2.05. The third-order valence-corrected chi connectivity index (χ3v) is 2.91. The van der Waals surface area contributed by atoms with E-state index in [0.29, 0.717) is 10.0 Å². The minimum atomic E-state index is -0.603. The van der Waals surface area contributed by atoms with Crippen LogP contribution in [0.4, 0.5) is 5.69 Å². The van der Waals surface area contributed by atoms with Crippen LogP contribution < -0.4 is 0 Å². The predicted octanol–water partition coefficient (Wildman–Crippen LogP) is 2.45. The third kappa shape index (κ3) is 2.33. The summed E-state index contributed by atoms with van der Waals surface area (Å²) in [6.45, 7) is 1.67. The van der Waals surface area contributed by atoms with E-state index in [9.17, 15) is 14.9 Å². The second-order valence-electron chi connectivity index (χ2n) is 2.87. The minimum Gasteiger partial charge on any atom is -0.465 e. The number of nitro benzene ring substituents is 1. The molecule has 0 bridgehead atoms. The van der Waals surface area contributed by atoms with Crippen LogP contribution >= 0.6 is 15.9 Å². The number of hydrogen-bond donors (Lipinski definition) is 0. The van der Waals surface area contributed by atoms with Gasteiger partial charge in [0.2, 0.25) is 0 Å². The highest BCUT2D eigenvalue weighted by atomic mass is 79.9. The zero-order chi connectivity index (χ0) is 11.6. The number of non-ortho nitro benzene ring substituents is 1. The average molecular weight is 274 g/mol. The molecule has 0 saturated heterocycles. The van der Waals surface area contributed by atoms with Gasteiger partial charge >= 0.3 is 5.97 Å². The van der Waals surface area contributed by atoms with Gasteiger partial charge in [0.05, 0.1) is 17.6 Å². The zero-order valence-corrected chi connectivity index (χ0v) is 9.70. The normalized spacial score (nSPS) is 9.80. The van der Waals surface area contributed by atoms with Crippen LogP contribution in [0.5, 0.6) is 0 Å². The van der Waals surface area contributed by atoms with E-state index in [1.807, 2.05) is 0 Å². The zero-order valence-electron chi connectivity index (χ0n) is 8.11. The Morgan fingerprint density at radius 2 is 2.13 bits per heavy atom. The quantitative estimate of drug-likeness (QED) is 0.472. The maximum absolute atomic E-state index is 11.3. The van der Waals surface area contributed by atoms with E-state index in [0.717, 1.165) is 0 Å². The van der Waals surface area contributed by atoms with Crippen molar-refractivity contribution in [2.45, 2.75) is 6.92 Å². The Balaban J connectivity index is 3.37. The standard InChI is InChI=1S/C9H8BrNO4/c1-5-3-6(11(13)14)4-7(8(5)10)9(12)15-2/h3-4H,1-2H3. The number of nitro groups is 1. The molecule has 0 N–H and O–H groups in total. The third-order valence-electron chi connectivity index (χ3n) is 1.86. The number of hydrogen-bond acceptors (Lipinski definition) is 4. The molecule has 1 rings (SSSR count). The number of ether oxygens (including phenoxy) is 1. The van der Waals surface area contributed by atoms with Crippen LogP contribution in [0, 0.1) is 17.0 Å². The first-order valence-electron chi connectivity index (χ1n) is 4.00. The SMILES string of the molecule is COC(=O)c1cc([N+](=O)[O-])cc(C)c1Br. The molecule has 0 aliphatic rings. The highest BCUT2D eigenvalue weighted by molar-refractivity contribution is 9.10. The van der Waals surface area contributed by atoms with E-state index >= 15 is 0 Å². The maximum atomic E-state index is 11.3. The molecule has 0 unspecified atom stereocenters. The number of rotatable bonds is 2. The summed E-state index contributed by atoms with van der Waals surface area (Å²) in [6.07, 6.45) is 0. The molecule has 0 saturated carbocycles. The highest BCUT2D eigenvalue weighted by Crippen LogP contribution is 2.27. The van der Waals surface area contributed by atoms with Gasteiger partial charge in [-0.05, 0) is 28.4 Å². The number of nitrogens with zero attached hydrogens (tertiary/aromatic N) is 1.